The Morgan fingerprint density at radius 2 is 0.877 bits per heavy atom. The first-order valence-electron chi connectivity index (χ1n) is 22.4. The minimum atomic E-state index is -0.515. The Morgan fingerprint density at radius 1 is 0.323 bits per heavy atom. The molecular formula is C63H41NS. The number of fused-ring (bicyclic) bond motifs is 8. The van der Waals surface area contributed by atoms with E-state index in [0.29, 0.717) is 0 Å². The molecule has 13 rings (SSSR count). The van der Waals surface area contributed by atoms with E-state index in [-0.39, 0.29) is 0 Å². The summed E-state index contributed by atoms with van der Waals surface area (Å²) in [4.78, 5) is 2.50. The van der Waals surface area contributed by atoms with Crippen LogP contribution in [0.4, 0.5) is 17.1 Å². The molecule has 0 saturated carbocycles. The van der Waals surface area contributed by atoms with Crippen molar-refractivity contribution in [2.24, 2.45) is 0 Å². The molecule has 1 aliphatic rings. The predicted molar refractivity (Wildman–Crippen MR) is 277 cm³/mol. The summed E-state index contributed by atoms with van der Waals surface area (Å²) in [5.74, 6) is 0. The van der Waals surface area contributed by atoms with Crippen molar-refractivity contribution in [2.75, 3.05) is 4.90 Å². The molecule has 12 aromatic rings. The van der Waals surface area contributed by atoms with Crippen LogP contribution in [0.1, 0.15) is 22.3 Å². The van der Waals surface area contributed by atoms with Crippen LogP contribution in [0.25, 0.3) is 75.1 Å². The van der Waals surface area contributed by atoms with Crippen molar-refractivity contribution >= 4 is 70.1 Å². The van der Waals surface area contributed by atoms with Gasteiger partial charge in [-0.1, -0.05) is 194 Å². The zero-order valence-electron chi connectivity index (χ0n) is 35.5. The molecule has 11 aromatic carbocycles. The number of hydrogen-bond acceptors (Lipinski definition) is 2. The SMILES string of the molecule is c1ccc(C2(c3ccccc3)c3ccccc3-c3ccc(N(c4ccc(-c5cc6ccccc6cc5-c5ccc6ccccc6c5)cc4)c4cccc5c4sc4ccccc45)cc32)cc1. The average Bonchev–Trinajstić information content (AvgIpc) is 3.91. The second kappa shape index (κ2) is 15.1. The Bertz CT molecular complexity index is 3730. The Kier molecular flexibility index (Phi) is 8.69. The number of anilines is 3. The lowest BCUT2D eigenvalue weighted by Crippen LogP contribution is -2.28. The summed E-state index contributed by atoms with van der Waals surface area (Å²) in [6.07, 6.45) is 0. The number of thiophene rings is 1. The molecule has 1 aliphatic carbocycles. The summed E-state index contributed by atoms with van der Waals surface area (Å²) in [5, 5.41) is 7.52. The highest BCUT2D eigenvalue weighted by Crippen LogP contribution is 2.57. The number of nitrogens with zero attached hydrogens (tertiary/aromatic N) is 1. The lowest BCUT2D eigenvalue weighted by molar-refractivity contribution is 0.768. The van der Waals surface area contributed by atoms with E-state index in [1.807, 2.05) is 11.3 Å². The van der Waals surface area contributed by atoms with Gasteiger partial charge in [-0.2, -0.15) is 0 Å². The molecule has 0 unspecified atom stereocenters. The van der Waals surface area contributed by atoms with Gasteiger partial charge in [0.25, 0.3) is 0 Å². The van der Waals surface area contributed by atoms with Crippen LogP contribution in [0.3, 0.4) is 0 Å². The van der Waals surface area contributed by atoms with Gasteiger partial charge < -0.3 is 4.90 Å². The van der Waals surface area contributed by atoms with Crippen molar-refractivity contribution in [1.29, 1.82) is 0 Å². The smallest absolute Gasteiger partial charge is 0.0714 e. The first-order valence-corrected chi connectivity index (χ1v) is 23.2. The van der Waals surface area contributed by atoms with Crippen LogP contribution < -0.4 is 4.90 Å². The monoisotopic (exact) mass is 843 g/mol. The van der Waals surface area contributed by atoms with Crippen LogP contribution in [-0.4, -0.2) is 0 Å². The van der Waals surface area contributed by atoms with Gasteiger partial charge in [-0.25, -0.2) is 0 Å². The lowest BCUT2D eigenvalue weighted by Gasteiger charge is -2.35. The highest BCUT2D eigenvalue weighted by Gasteiger charge is 2.46. The normalized spacial score (nSPS) is 12.7. The molecule has 1 heterocycles. The average molecular weight is 844 g/mol. The molecule has 0 saturated heterocycles. The fourth-order valence-electron chi connectivity index (χ4n) is 10.8. The van der Waals surface area contributed by atoms with Gasteiger partial charge in [-0.3, -0.25) is 0 Å². The zero-order chi connectivity index (χ0) is 42.9. The molecule has 1 nitrogen and oxygen atoms in total. The molecule has 0 amide bonds. The maximum Gasteiger partial charge on any atom is 0.0714 e. The van der Waals surface area contributed by atoms with E-state index in [1.54, 1.807) is 0 Å². The molecule has 0 N–H and O–H groups in total. The quantitative estimate of drug-likeness (QED) is 0.154. The van der Waals surface area contributed by atoms with E-state index in [4.69, 9.17) is 0 Å². The van der Waals surface area contributed by atoms with E-state index in [9.17, 15) is 0 Å². The Balaban J connectivity index is 1.03. The van der Waals surface area contributed by atoms with E-state index < -0.39 is 5.41 Å². The summed E-state index contributed by atoms with van der Waals surface area (Å²) < 4.78 is 2.56. The third-order valence-corrected chi connectivity index (χ3v) is 14.9. The third kappa shape index (κ3) is 5.92. The minimum Gasteiger partial charge on any atom is -0.309 e. The third-order valence-electron chi connectivity index (χ3n) is 13.7. The standard InChI is InChI=1S/C63H41NS/c1-3-20-48(21-4-1)63(49-22-5-2-6-23-49)58-27-13-11-24-52(58)53-37-36-51(41-59(53)63)64(60-28-15-26-55-54-25-12-14-29-61(54)65-62(55)60)50-34-32-43(33-35-50)56-39-45-18-9-10-19-46(45)40-57(56)47-31-30-42-16-7-8-17-44(42)38-47/h1-41H. The largest absolute Gasteiger partial charge is 0.309 e. The highest BCUT2D eigenvalue weighted by atomic mass is 32.1. The first kappa shape index (κ1) is 37.5. The van der Waals surface area contributed by atoms with Crippen molar-refractivity contribution in [3.63, 3.8) is 0 Å². The highest BCUT2D eigenvalue weighted by molar-refractivity contribution is 7.26. The van der Waals surface area contributed by atoms with Crippen LogP contribution in [0, 0.1) is 0 Å². The van der Waals surface area contributed by atoms with Crippen molar-refractivity contribution < 1.29 is 0 Å². The molecule has 0 fully saturated rings. The van der Waals surface area contributed by atoms with Gasteiger partial charge in [-0.15, -0.1) is 11.3 Å². The predicted octanol–water partition coefficient (Wildman–Crippen LogP) is 17.5. The molecule has 1 aromatic heterocycles. The van der Waals surface area contributed by atoms with Crippen LogP contribution in [0.15, 0.2) is 249 Å². The lowest BCUT2D eigenvalue weighted by atomic mass is 9.67. The van der Waals surface area contributed by atoms with Crippen LogP contribution in [-0.2, 0) is 5.41 Å². The first-order chi connectivity index (χ1) is 32.2. The summed E-state index contributed by atoms with van der Waals surface area (Å²) in [6.45, 7) is 0. The van der Waals surface area contributed by atoms with E-state index in [2.05, 4.69) is 254 Å². The summed E-state index contributed by atoms with van der Waals surface area (Å²) in [7, 11) is 0. The van der Waals surface area contributed by atoms with E-state index >= 15 is 0 Å². The molecule has 0 spiro atoms. The summed E-state index contributed by atoms with van der Waals surface area (Å²) in [5.41, 5.74) is 15.4. The number of hydrogen-bond donors (Lipinski definition) is 0. The molecule has 65 heavy (non-hydrogen) atoms. The molecule has 0 atom stereocenters. The second-order valence-corrected chi connectivity index (χ2v) is 18.3. The maximum atomic E-state index is 2.50. The molecule has 0 radical (unpaired) electrons. The molecule has 0 aliphatic heterocycles. The van der Waals surface area contributed by atoms with E-state index in [0.717, 1.165) is 11.4 Å². The van der Waals surface area contributed by atoms with Gasteiger partial charge in [-0.05, 0) is 132 Å². The van der Waals surface area contributed by atoms with Gasteiger partial charge in [0, 0.05) is 26.8 Å². The van der Waals surface area contributed by atoms with Crippen molar-refractivity contribution in [3.05, 3.63) is 271 Å². The Morgan fingerprint density at radius 3 is 1.62 bits per heavy atom. The van der Waals surface area contributed by atoms with Gasteiger partial charge in [0.15, 0.2) is 0 Å². The van der Waals surface area contributed by atoms with Gasteiger partial charge >= 0.3 is 0 Å². The van der Waals surface area contributed by atoms with Crippen molar-refractivity contribution in [3.8, 4) is 33.4 Å². The number of rotatable bonds is 7. The van der Waals surface area contributed by atoms with Crippen LogP contribution in [0.2, 0.25) is 0 Å². The van der Waals surface area contributed by atoms with Gasteiger partial charge in [0.1, 0.15) is 0 Å². The zero-order valence-corrected chi connectivity index (χ0v) is 36.3. The minimum absolute atomic E-state index is 0.515. The van der Waals surface area contributed by atoms with Crippen LogP contribution in [0.5, 0.6) is 0 Å². The summed E-state index contributed by atoms with van der Waals surface area (Å²) in [6, 6.07) is 92.3. The number of benzene rings is 11. The summed E-state index contributed by atoms with van der Waals surface area (Å²) >= 11 is 1.87. The fraction of sp³-hybridized carbons (Fsp3) is 0.0159. The van der Waals surface area contributed by atoms with Crippen LogP contribution >= 0.6 is 11.3 Å². The van der Waals surface area contributed by atoms with Crippen molar-refractivity contribution in [1.82, 2.24) is 0 Å². The molecule has 2 heteroatoms. The topological polar surface area (TPSA) is 3.24 Å². The van der Waals surface area contributed by atoms with E-state index in [1.165, 1.54) is 103 Å². The molecule has 304 valence electrons. The van der Waals surface area contributed by atoms with Gasteiger partial charge in [0.2, 0.25) is 0 Å². The maximum absolute atomic E-state index is 2.50. The second-order valence-electron chi connectivity index (χ2n) is 17.2. The van der Waals surface area contributed by atoms with Gasteiger partial charge in [0.05, 0.1) is 15.8 Å². The Hall–Kier alpha value is -8.04. The van der Waals surface area contributed by atoms with Crippen molar-refractivity contribution in [2.45, 2.75) is 5.41 Å². The molecule has 0 bridgehead atoms. The Labute approximate surface area is 382 Å². The molecular weight excluding hydrogens is 803 g/mol. The fourth-order valence-corrected chi connectivity index (χ4v) is 12.0.